The zero-order valence-electron chi connectivity index (χ0n) is 16.6. The van der Waals surface area contributed by atoms with Crippen molar-refractivity contribution in [1.29, 1.82) is 0 Å². The highest BCUT2D eigenvalue weighted by Crippen LogP contribution is 2.38. The average Bonchev–Trinajstić information content (AvgIpc) is 3.16. The Balaban J connectivity index is 1.59. The van der Waals surface area contributed by atoms with Gasteiger partial charge < -0.3 is 20.0 Å². The maximum Gasteiger partial charge on any atom is 0.292 e. The molecule has 1 aromatic heterocycles. The molecule has 1 atom stereocenters. The Bertz CT molecular complexity index is 789. The Hall–Kier alpha value is -2.22. The lowest BCUT2D eigenvalue weighted by Crippen LogP contribution is -2.57. The molecule has 0 unspecified atom stereocenters. The lowest BCUT2D eigenvalue weighted by Gasteiger charge is -2.33. The third-order valence-electron chi connectivity index (χ3n) is 6.12. The summed E-state index contributed by atoms with van der Waals surface area (Å²) >= 11 is 0. The maximum atomic E-state index is 13.1. The van der Waals surface area contributed by atoms with E-state index in [4.69, 9.17) is 0 Å². The molecular weight excluding hydrogens is 344 g/mol. The number of aromatic nitrogens is 2. The summed E-state index contributed by atoms with van der Waals surface area (Å²) in [4.78, 5) is 40.3. The monoisotopic (exact) mass is 372 g/mol. The van der Waals surface area contributed by atoms with E-state index in [9.17, 15) is 9.59 Å². The molecule has 8 heteroatoms. The summed E-state index contributed by atoms with van der Waals surface area (Å²) in [6.07, 6.45) is 2.94. The zero-order chi connectivity index (χ0) is 19.3. The number of piperazine rings is 1. The topological polar surface area (TPSA) is 81.7 Å². The van der Waals surface area contributed by atoms with Crippen LogP contribution in [-0.2, 0) is 4.79 Å². The summed E-state index contributed by atoms with van der Waals surface area (Å²) in [7, 11) is 4.19. The fraction of sp³-hybridized carbons (Fsp3) is 0.684. The van der Waals surface area contributed by atoms with Crippen LogP contribution < -0.4 is 10.2 Å². The molecule has 4 rings (SSSR count). The Morgan fingerprint density at radius 3 is 2.63 bits per heavy atom. The number of hydrogen-bond acceptors (Lipinski definition) is 6. The van der Waals surface area contributed by atoms with Crippen LogP contribution in [0.3, 0.4) is 0 Å². The average molecular weight is 372 g/mol. The molecule has 3 aliphatic rings. The van der Waals surface area contributed by atoms with Crippen LogP contribution in [0.2, 0.25) is 0 Å². The highest BCUT2D eigenvalue weighted by molar-refractivity contribution is 5.95. The predicted octanol–water partition coefficient (Wildman–Crippen LogP) is 0.338. The third-order valence-corrected chi connectivity index (χ3v) is 6.12. The van der Waals surface area contributed by atoms with Gasteiger partial charge in [0.2, 0.25) is 11.7 Å². The van der Waals surface area contributed by atoms with E-state index in [0.29, 0.717) is 12.6 Å². The number of anilines is 1. The molecule has 27 heavy (non-hydrogen) atoms. The molecule has 1 N–H and O–H groups in total. The normalized spacial score (nSPS) is 23.9. The maximum absolute atomic E-state index is 13.1. The molecule has 2 saturated heterocycles. The number of nitrogens with one attached hydrogen (secondary N) is 1. The van der Waals surface area contributed by atoms with E-state index >= 15 is 0 Å². The second-order valence-electron chi connectivity index (χ2n) is 8.42. The van der Waals surface area contributed by atoms with Gasteiger partial charge in [-0.2, -0.15) is 0 Å². The SMILES string of the molecule is Cc1nc(C(=O)N2CC(=O)NC3(CC3)C2)nc(N2CC[C@@H](N(C)C)C2)c1C. The smallest absolute Gasteiger partial charge is 0.292 e. The highest BCUT2D eigenvalue weighted by Gasteiger charge is 2.49. The Morgan fingerprint density at radius 2 is 2.00 bits per heavy atom. The Morgan fingerprint density at radius 1 is 1.26 bits per heavy atom. The minimum atomic E-state index is -0.246. The van der Waals surface area contributed by atoms with Crippen molar-refractivity contribution in [3.05, 3.63) is 17.1 Å². The summed E-state index contributed by atoms with van der Waals surface area (Å²) < 4.78 is 0. The van der Waals surface area contributed by atoms with E-state index in [1.54, 1.807) is 4.90 Å². The molecule has 1 aliphatic carbocycles. The van der Waals surface area contributed by atoms with Crippen LogP contribution in [0, 0.1) is 13.8 Å². The van der Waals surface area contributed by atoms with Gasteiger partial charge in [-0.05, 0) is 47.2 Å². The van der Waals surface area contributed by atoms with E-state index in [0.717, 1.165) is 49.4 Å². The van der Waals surface area contributed by atoms with Crippen molar-refractivity contribution >= 4 is 17.6 Å². The van der Waals surface area contributed by atoms with Crippen molar-refractivity contribution in [3.63, 3.8) is 0 Å². The molecule has 0 bridgehead atoms. The van der Waals surface area contributed by atoms with Crippen LogP contribution in [0.15, 0.2) is 0 Å². The quantitative estimate of drug-likeness (QED) is 0.824. The van der Waals surface area contributed by atoms with Gasteiger partial charge in [-0.15, -0.1) is 0 Å². The molecule has 1 aromatic rings. The highest BCUT2D eigenvalue weighted by atomic mass is 16.2. The van der Waals surface area contributed by atoms with E-state index in [-0.39, 0.29) is 29.7 Å². The molecule has 1 saturated carbocycles. The molecular formula is C19H28N6O2. The van der Waals surface area contributed by atoms with Gasteiger partial charge in [0.25, 0.3) is 5.91 Å². The summed E-state index contributed by atoms with van der Waals surface area (Å²) in [6.45, 7) is 6.38. The summed E-state index contributed by atoms with van der Waals surface area (Å²) in [5.41, 5.74) is 1.63. The van der Waals surface area contributed by atoms with Crippen LogP contribution in [-0.4, -0.2) is 83.4 Å². The number of likely N-dealkylation sites (N-methyl/N-ethyl adjacent to an activating group) is 1. The van der Waals surface area contributed by atoms with Crippen molar-refractivity contribution in [1.82, 2.24) is 25.1 Å². The first kappa shape index (κ1) is 18.2. The van der Waals surface area contributed by atoms with Crippen molar-refractivity contribution in [3.8, 4) is 0 Å². The van der Waals surface area contributed by atoms with Gasteiger partial charge in [-0.25, -0.2) is 9.97 Å². The number of rotatable bonds is 3. The first-order valence-corrected chi connectivity index (χ1v) is 9.65. The van der Waals surface area contributed by atoms with Gasteiger partial charge in [0, 0.05) is 36.9 Å². The summed E-state index contributed by atoms with van der Waals surface area (Å²) in [6, 6.07) is 0.485. The number of hydrogen-bond donors (Lipinski definition) is 1. The summed E-state index contributed by atoms with van der Waals surface area (Å²) in [5, 5.41) is 3.01. The molecule has 8 nitrogen and oxygen atoms in total. The molecule has 3 heterocycles. The number of aryl methyl sites for hydroxylation is 1. The van der Waals surface area contributed by atoms with Gasteiger partial charge in [0.1, 0.15) is 12.4 Å². The van der Waals surface area contributed by atoms with Crippen LogP contribution in [0.4, 0.5) is 5.82 Å². The Labute approximate surface area is 159 Å². The lowest BCUT2D eigenvalue weighted by molar-refractivity contribution is -0.125. The van der Waals surface area contributed by atoms with Gasteiger partial charge in [0.05, 0.1) is 5.54 Å². The van der Waals surface area contributed by atoms with Crippen molar-refractivity contribution in [2.24, 2.45) is 0 Å². The molecule has 146 valence electrons. The molecule has 3 fully saturated rings. The van der Waals surface area contributed by atoms with Crippen molar-refractivity contribution in [2.75, 3.05) is 45.2 Å². The van der Waals surface area contributed by atoms with Crippen LogP contribution >= 0.6 is 0 Å². The van der Waals surface area contributed by atoms with Crippen molar-refractivity contribution < 1.29 is 9.59 Å². The fourth-order valence-electron chi connectivity index (χ4n) is 4.06. The van der Waals surface area contributed by atoms with E-state index in [1.807, 2.05) is 13.8 Å². The van der Waals surface area contributed by atoms with E-state index in [1.165, 1.54) is 0 Å². The first-order chi connectivity index (χ1) is 12.8. The van der Waals surface area contributed by atoms with Gasteiger partial charge in [-0.3, -0.25) is 9.59 Å². The number of carbonyl (C=O) groups excluding carboxylic acids is 2. The molecule has 0 aromatic carbocycles. The van der Waals surface area contributed by atoms with E-state index in [2.05, 4.69) is 39.2 Å². The second kappa shape index (κ2) is 6.44. The van der Waals surface area contributed by atoms with Gasteiger partial charge >= 0.3 is 0 Å². The minimum absolute atomic E-state index is 0.0820. The Kier molecular flexibility index (Phi) is 4.33. The van der Waals surface area contributed by atoms with Crippen LogP contribution in [0.25, 0.3) is 0 Å². The third kappa shape index (κ3) is 3.38. The van der Waals surface area contributed by atoms with Crippen LogP contribution in [0.1, 0.15) is 41.1 Å². The minimum Gasteiger partial charge on any atom is -0.355 e. The van der Waals surface area contributed by atoms with Crippen LogP contribution in [0.5, 0.6) is 0 Å². The lowest BCUT2D eigenvalue weighted by atomic mass is 10.1. The number of amides is 2. The van der Waals surface area contributed by atoms with Crippen molar-refractivity contribution in [2.45, 2.75) is 44.7 Å². The second-order valence-corrected chi connectivity index (χ2v) is 8.42. The predicted molar refractivity (Wildman–Crippen MR) is 102 cm³/mol. The number of nitrogens with zero attached hydrogens (tertiary/aromatic N) is 5. The summed E-state index contributed by atoms with van der Waals surface area (Å²) in [5.74, 6) is 0.707. The fourth-order valence-corrected chi connectivity index (χ4v) is 4.06. The first-order valence-electron chi connectivity index (χ1n) is 9.65. The largest absolute Gasteiger partial charge is 0.355 e. The molecule has 2 aliphatic heterocycles. The number of carbonyl (C=O) groups is 2. The molecule has 1 spiro atoms. The van der Waals surface area contributed by atoms with Gasteiger partial charge in [0.15, 0.2) is 0 Å². The standard InChI is InChI=1S/C19H28N6O2/c1-12-13(2)20-16(21-17(12)24-8-5-14(9-24)23(3)4)18(27)25-10-15(26)22-19(11-25)6-7-19/h14H,5-11H2,1-4H3,(H,22,26)/t14-/m1/s1. The molecule has 2 amide bonds. The zero-order valence-corrected chi connectivity index (χ0v) is 16.6. The van der Waals surface area contributed by atoms with Gasteiger partial charge in [-0.1, -0.05) is 0 Å². The molecule has 0 radical (unpaired) electrons. The van der Waals surface area contributed by atoms with E-state index < -0.39 is 0 Å².